The molecule has 13 nitrogen and oxygen atoms in total. The third-order valence-corrected chi connectivity index (χ3v) is 7.35. The fraction of sp³-hybridized carbons (Fsp3) is 0.312. The quantitative estimate of drug-likeness (QED) is 0.105. The van der Waals surface area contributed by atoms with Crippen molar-refractivity contribution >= 4 is 24.1 Å². The van der Waals surface area contributed by atoms with Gasteiger partial charge >= 0.3 is 47.7 Å². The van der Waals surface area contributed by atoms with Crippen LogP contribution in [0.4, 0.5) is 22.0 Å². The molecule has 2 atom stereocenters. The van der Waals surface area contributed by atoms with E-state index in [1.807, 2.05) is 0 Å². The zero-order valence-corrected chi connectivity index (χ0v) is 29.4. The van der Waals surface area contributed by atoms with Crippen LogP contribution >= 0.6 is 0 Å². The second kappa shape index (κ2) is 16.5. The molecule has 0 saturated carbocycles. The van der Waals surface area contributed by atoms with Crippen LogP contribution in [0.1, 0.15) is 56.9 Å². The predicted octanol–water partition coefficient (Wildman–Crippen LogP) is 2.35. The summed E-state index contributed by atoms with van der Waals surface area (Å²) in [4.78, 5) is 43.8. The molecule has 0 fully saturated rings. The number of imidazole rings is 1. The van der Waals surface area contributed by atoms with Gasteiger partial charge in [-0.2, -0.15) is 18.3 Å². The van der Waals surface area contributed by atoms with Crippen molar-refractivity contribution in [1.82, 2.24) is 25.5 Å². The number of halogens is 5. The van der Waals surface area contributed by atoms with Crippen LogP contribution in [0.2, 0.25) is 0 Å². The molecule has 4 aromatic rings. The third kappa shape index (κ3) is 9.11. The van der Waals surface area contributed by atoms with Gasteiger partial charge < -0.3 is 30.8 Å². The van der Waals surface area contributed by atoms with Crippen LogP contribution in [0.15, 0.2) is 52.1 Å². The summed E-state index contributed by atoms with van der Waals surface area (Å²) in [6, 6.07) is 5.18. The van der Waals surface area contributed by atoms with Crippen LogP contribution in [0.25, 0.3) is 22.6 Å². The number of ether oxygens (including phenoxy) is 2. The van der Waals surface area contributed by atoms with E-state index in [4.69, 9.17) is 19.1 Å². The van der Waals surface area contributed by atoms with E-state index in [1.165, 1.54) is 31.3 Å². The number of hydrazone groups is 1. The van der Waals surface area contributed by atoms with Gasteiger partial charge in [0.1, 0.15) is 35.6 Å². The Hall–Kier alpha value is -4.81. The standard InChI is InChI=1S/C32H29F5N6O7.Na.H/c1-3-10-48-17-7-8-18(20(12-17)32(35,36)37)22-13-25(50-42-22)28(31(47)49-11-9-26(44)39-16(2)30(45)46)43-15-24-23(14-38-43)40-29(41-24)19-5-4-6-21(33)27(19)34;;/h4-8,12-14,16,28H,3,9-11,15H2,1-2H3,(H,39,44)(H,40,41)(H,45,46);;/q;+1;-1/t16-,28?;;/m0../s1. The molecular formula is C32H30F5N6NaO7. The zero-order valence-electron chi connectivity index (χ0n) is 28.4. The third-order valence-electron chi connectivity index (χ3n) is 7.35. The largest absolute Gasteiger partial charge is 1.00 e. The van der Waals surface area contributed by atoms with Gasteiger partial charge in [0.15, 0.2) is 17.4 Å². The molecule has 3 N–H and O–H groups in total. The molecule has 1 aliphatic heterocycles. The number of amides is 1. The zero-order chi connectivity index (χ0) is 36.2. The van der Waals surface area contributed by atoms with Crippen LogP contribution in [0, 0.1) is 11.6 Å². The van der Waals surface area contributed by atoms with Crippen LogP contribution in [0.5, 0.6) is 5.75 Å². The first-order valence-electron chi connectivity index (χ1n) is 15.1. The number of nitrogens with one attached hydrogen (secondary N) is 2. The molecule has 0 spiro atoms. The SMILES string of the molecule is CCCOc1ccc(-c2cc(C(C(=O)OCCC(=O)N[C@@H](C)C(=O)O)N3Cc4[nH]c(-c5cccc(F)c5F)nc4C=N3)on2)c(C(F)(F)F)c1.[H-].[Na+]. The van der Waals surface area contributed by atoms with Crippen molar-refractivity contribution in [2.45, 2.75) is 51.5 Å². The van der Waals surface area contributed by atoms with Gasteiger partial charge in [-0.15, -0.1) is 0 Å². The molecule has 0 saturated heterocycles. The van der Waals surface area contributed by atoms with E-state index < -0.39 is 66.3 Å². The average molecular weight is 729 g/mol. The molecule has 1 aliphatic rings. The fourth-order valence-electron chi connectivity index (χ4n) is 4.87. The van der Waals surface area contributed by atoms with Gasteiger partial charge in [-0.05, 0) is 43.7 Å². The maximum absolute atomic E-state index is 14.5. The Labute approximate surface area is 310 Å². The second-order valence-corrected chi connectivity index (χ2v) is 11.0. The smallest absolute Gasteiger partial charge is 1.00 e. The number of H-pyrrole nitrogens is 1. The van der Waals surface area contributed by atoms with E-state index in [2.05, 4.69) is 25.5 Å². The number of alkyl halides is 3. The summed E-state index contributed by atoms with van der Waals surface area (Å²) in [5, 5.41) is 20.4. The second-order valence-electron chi connectivity index (χ2n) is 11.0. The number of hydrogen-bond donors (Lipinski definition) is 3. The van der Waals surface area contributed by atoms with Crippen molar-refractivity contribution in [1.29, 1.82) is 0 Å². The number of esters is 1. The minimum Gasteiger partial charge on any atom is -1.00 e. The number of aromatic amines is 1. The summed E-state index contributed by atoms with van der Waals surface area (Å²) >= 11 is 0. The van der Waals surface area contributed by atoms with E-state index in [0.717, 1.165) is 29.3 Å². The number of carboxylic acid groups (broad SMARTS) is 1. The van der Waals surface area contributed by atoms with Crippen LogP contribution in [0.3, 0.4) is 0 Å². The molecule has 5 rings (SSSR count). The van der Waals surface area contributed by atoms with Gasteiger partial charge in [-0.3, -0.25) is 14.6 Å². The Kier molecular flexibility index (Phi) is 12.6. The number of nitrogens with zero attached hydrogens (tertiary/aromatic N) is 4. The first-order valence-corrected chi connectivity index (χ1v) is 15.1. The van der Waals surface area contributed by atoms with Gasteiger partial charge in [0, 0.05) is 11.6 Å². The summed E-state index contributed by atoms with van der Waals surface area (Å²) in [6.07, 6.45) is -3.45. The molecule has 0 bridgehead atoms. The van der Waals surface area contributed by atoms with Crippen LogP contribution in [-0.2, 0) is 31.8 Å². The number of carbonyl (C=O) groups is 3. The topological polar surface area (TPSA) is 172 Å². The minimum absolute atomic E-state index is 0. The Bertz CT molecular complexity index is 1940. The molecular weight excluding hydrogens is 698 g/mol. The Morgan fingerprint density at radius 3 is 2.61 bits per heavy atom. The van der Waals surface area contributed by atoms with Crippen molar-refractivity contribution in [3.63, 3.8) is 0 Å². The summed E-state index contributed by atoms with van der Waals surface area (Å²) in [6.45, 7) is 2.50. The monoisotopic (exact) mass is 728 g/mol. The normalized spacial score (nSPS) is 13.5. The molecule has 19 heteroatoms. The number of rotatable bonds is 13. The van der Waals surface area contributed by atoms with Crippen molar-refractivity contribution in [3.05, 3.63) is 76.8 Å². The van der Waals surface area contributed by atoms with Crippen molar-refractivity contribution in [2.24, 2.45) is 5.10 Å². The number of fused-ring (bicyclic) bond motifs is 1. The van der Waals surface area contributed by atoms with E-state index in [1.54, 1.807) is 6.92 Å². The Balaban J connectivity index is 0.00000364. The Morgan fingerprint density at radius 2 is 1.90 bits per heavy atom. The minimum atomic E-state index is -4.82. The van der Waals surface area contributed by atoms with Gasteiger partial charge in [-0.25, -0.2) is 18.6 Å². The van der Waals surface area contributed by atoms with Gasteiger partial charge in [0.05, 0.1) is 42.6 Å². The number of benzene rings is 2. The number of carbonyl (C=O) groups excluding carboxylic acids is 2. The maximum atomic E-state index is 14.5. The van der Waals surface area contributed by atoms with E-state index >= 15 is 0 Å². The average Bonchev–Trinajstić information content (AvgIpc) is 3.72. The van der Waals surface area contributed by atoms with Crippen molar-refractivity contribution in [3.8, 4) is 28.4 Å². The number of aromatic nitrogens is 3. The van der Waals surface area contributed by atoms with Crippen LogP contribution < -0.4 is 39.6 Å². The molecule has 0 radical (unpaired) electrons. The first kappa shape index (κ1) is 39.0. The maximum Gasteiger partial charge on any atom is 1.00 e. The van der Waals surface area contributed by atoms with Crippen LogP contribution in [-0.4, -0.2) is 68.6 Å². The molecule has 3 heterocycles. The summed E-state index contributed by atoms with van der Waals surface area (Å²) in [5.74, 6) is -5.64. The fourth-order valence-corrected chi connectivity index (χ4v) is 4.87. The molecule has 2 aromatic carbocycles. The number of hydrogen-bond acceptors (Lipinski definition) is 10. The molecule has 51 heavy (non-hydrogen) atoms. The summed E-state index contributed by atoms with van der Waals surface area (Å²) in [5.41, 5.74) is -1.34. The van der Waals surface area contributed by atoms with E-state index in [-0.39, 0.29) is 84.0 Å². The number of aliphatic carboxylic acids is 1. The van der Waals surface area contributed by atoms with Crippen molar-refractivity contribution < 1.29 is 86.4 Å². The van der Waals surface area contributed by atoms with Crippen molar-refractivity contribution in [2.75, 3.05) is 13.2 Å². The Morgan fingerprint density at radius 1 is 1.14 bits per heavy atom. The molecule has 2 aromatic heterocycles. The van der Waals surface area contributed by atoms with E-state index in [0.29, 0.717) is 12.1 Å². The molecule has 0 aliphatic carbocycles. The first-order chi connectivity index (χ1) is 23.8. The van der Waals surface area contributed by atoms with E-state index in [9.17, 15) is 36.3 Å². The summed E-state index contributed by atoms with van der Waals surface area (Å²) in [7, 11) is 0. The van der Waals surface area contributed by atoms with Gasteiger partial charge in [-0.1, -0.05) is 18.1 Å². The molecule has 1 unspecified atom stereocenters. The van der Waals surface area contributed by atoms with Gasteiger partial charge in [0.2, 0.25) is 11.9 Å². The van der Waals surface area contributed by atoms with Gasteiger partial charge in [0.25, 0.3) is 0 Å². The molecule has 266 valence electrons. The summed E-state index contributed by atoms with van der Waals surface area (Å²) < 4.78 is 86.8. The predicted molar refractivity (Wildman–Crippen MR) is 164 cm³/mol. The number of carboxylic acids is 1. The molecule has 1 amide bonds.